The molecule has 1 amide bonds. The number of aliphatic hydroxyl groups is 1. The first kappa shape index (κ1) is 19.3. The van der Waals surface area contributed by atoms with Crippen molar-refractivity contribution in [3.05, 3.63) is 71.3 Å². The number of nitrogens with zero attached hydrogens (tertiary/aromatic N) is 1. The molecule has 1 saturated heterocycles. The molecule has 0 saturated carbocycles. The SMILES string of the molecule is Cc1ccc(C(=O)CCC(=O)N2CCC(C(O)c3ccccc3)CC2)cc1. The highest BCUT2D eigenvalue weighted by molar-refractivity contribution is 5.97. The van der Waals surface area contributed by atoms with Gasteiger partial charge in [-0.3, -0.25) is 9.59 Å². The summed E-state index contributed by atoms with van der Waals surface area (Å²) in [5.41, 5.74) is 2.72. The Hall–Kier alpha value is -2.46. The summed E-state index contributed by atoms with van der Waals surface area (Å²) in [6.45, 7) is 3.27. The first-order chi connectivity index (χ1) is 13.0. The van der Waals surface area contributed by atoms with Crippen LogP contribution in [0.25, 0.3) is 0 Å². The maximum atomic E-state index is 12.4. The minimum absolute atomic E-state index is 0.0118. The number of ketones is 1. The molecule has 1 heterocycles. The number of rotatable bonds is 6. The number of likely N-dealkylation sites (tertiary alicyclic amines) is 1. The van der Waals surface area contributed by atoms with E-state index >= 15 is 0 Å². The van der Waals surface area contributed by atoms with Gasteiger partial charge in [-0.05, 0) is 31.2 Å². The number of piperidine rings is 1. The van der Waals surface area contributed by atoms with Gasteiger partial charge in [0.05, 0.1) is 6.10 Å². The number of carbonyl (C=O) groups excluding carboxylic acids is 2. The first-order valence-corrected chi connectivity index (χ1v) is 9.65. The lowest BCUT2D eigenvalue weighted by Crippen LogP contribution is -2.39. The monoisotopic (exact) mass is 365 g/mol. The lowest BCUT2D eigenvalue weighted by molar-refractivity contribution is -0.133. The van der Waals surface area contributed by atoms with Crippen LogP contribution in [-0.4, -0.2) is 34.8 Å². The molecule has 4 nitrogen and oxygen atoms in total. The Morgan fingerprint density at radius 2 is 1.63 bits per heavy atom. The third-order valence-electron chi connectivity index (χ3n) is 5.42. The maximum Gasteiger partial charge on any atom is 0.223 e. The van der Waals surface area contributed by atoms with Crippen LogP contribution in [0.2, 0.25) is 0 Å². The first-order valence-electron chi connectivity index (χ1n) is 9.65. The fraction of sp³-hybridized carbons (Fsp3) is 0.391. The van der Waals surface area contributed by atoms with Gasteiger partial charge in [-0.25, -0.2) is 0 Å². The van der Waals surface area contributed by atoms with Crippen LogP contribution in [0.4, 0.5) is 0 Å². The molecule has 0 bridgehead atoms. The molecule has 0 spiro atoms. The summed E-state index contributed by atoms with van der Waals surface area (Å²) >= 11 is 0. The quantitative estimate of drug-likeness (QED) is 0.789. The number of aryl methyl sites for hydroxylation is 1. The lowest BCUT2D eigenvalue weighted by atomic mass is 9.87. The van der Waals surface area contributed by atoms with Crippen LogP contribution in [0, 0.1) is 12.8 Å². The van der Waals surface area contributed by atoms with E-state index in [-0.39, 0.29) is 30.4 Å². The molecule has 2 aromatic carbocycles. The highest BCUT2D eigenvalue weighted by atomic mass is 16.3. The summed E-state index contributed by atoms with van der Waals surface area (Å²) in [6, 6.07) is 17.2. The predicted molar refractivity (Wildman–Crippen MR) is 105 cm³/mol. The van der Waals surface area contributed by atoms with Crippen LogP contribution < -0.4 is 0 Å². The van der Waals surface area contributed by atoms with Crippen LogP contribution in [0.3, 0.4) is 0 Å². The number of amides is 1. The van der Waals surface area contributed by atoms with Gasteiger partial charge in [0.1, 0.15) is 0 Å². The second-order valence-corrected chi connectivity index (χ2v) is 7.36. The van der Waals surface area contributed by atoms with Crippen LogP contribution >= 0.6 is 0 Å². The van der Waals surface area contributed by atoms with Crippen molar-refractivity contribution < 1.29 is 14.7 Å². The Morgan fingerprint density at radius 3 is 2.26 bits per heavy atom. The van der Waals surface area contributed by atoms with Crippen molar-refractivity contribution in [1.29, 1.82) is 0 Å². The van der Waals surface area contributed by atoms with E-state index in [0.29, 0.717) is 18.7 Å². The Labute approximate surface area is 160 Å². The van der Waals surface area contributed by atoms with Gasteiger partial charge in [0.2, 0.25) is 5.91 Å². The minimum Gasteiger partial charge on any atom is -0.388 e. The standard InChI is InChI=1S/C23H27NO3/c1-17-7-9-18(10-8-17)21(25)11-12-22(26)24-15-13-20(14-16-24)23(27)19-5-3-2-4-6-19/h2-10,20,23,27H,11-16H2,1H3. The van der Waals surface area contributed by atoms with E-state index in [1.807, 2.05) is 66.4 Å². The highest BCUT2D eigenvalue weighted by Crippen LogP contribution is 2.30. The summed E-state index contributed by atoms with van der Waals surface area (Å²) in [5, 5.41) is 10.5. The molecule has 3 rings (SSSR count). The minimum atomic E-state index is -0.480. The zero-order valence-electron chi connectivity index (χ0n) is 15.8. The molecular weight excluding hydrogens is 338 g/mol. The van der Waals surface area contributed by atoms with E-state index in [9.17, 15) is 14.7 Å². The molecule has 2 aromatic rings. The van der Waals surface area contributed by atoms with Crippen LogP contribution in [0.15, 0.2) is 54.6 Å². The molecule has 1 N–H and O–H groups in total. The second kappa shape index (κ2) is 8.96. The molecule has 27 heavy (non-hydrogen) atoms. The van der Waals surface area contributed by atoms with Crippen LogP contribution in [-0.2, 0) is 4.79 Å². The highest BCUT2D eigenvalue weighted by Gasteiger charge is 2.28. The zero-order valence-corrected chi connectivity index (χ0v) is 15.8. The third-order valence-corrected chi connectivity index (χ3v) is 5.42. The summed E-state index contributed by atoms with van der Waals surface area (Å²) in [6.07, 6.45) is 1.58. The third kappa shape index (κ3) is 5.04. The number of hydrogen-bond acceptors (Lipinski definition) is 3. The van der Waals surface area contributed by atoms with E-state index in [0.717, 1.165) is 24.0 Å². The molecule has 0 aliphatic carbocycles. The largest absolute Gasteiger partial charge is 0.388 e. The fourth-order valence-corrected chi connectivity index (χ4v) is 3.65. The molecule has 1 aliphatic rings. The van der Waals surface area contributed by atoms with Crippen LogP contribution in [0.1, 0.15) is 53.3 Å². The van der Waals surface area contributed by atoms with Gasteiger partial charge in [0.15, 0.2) is 5.78 Å². The topological polar surface area (TPSA) is 57.6 Å². The summed E-state index contributed by atoms with van der Waals surface area (Å²) in [7, 11) is 0. The van der Waals surface area contributed by atoms with Gasteiger partial charge in [0.25, 0.3) is 0 Å². The van der Waals surface area contributed by atoms with Gasteiger partial charge in [0, 0.05) is 31.5 Å². The molecule has 1 aliphatic heterocycles. The zero-order chi connectivity index (χ0) is 19.2. The Balaban J connectivity index is 1.46. The molecule has 1 atom stereocenters. The van der Waals surface area contributed by atoms with Crippen molar-refractivity contribution in [2.75, 3.05) is 13.1 Å². The van der Waals surface area contributed by atoms with Gasteiger partial charge in [-0.2, -0.15) is 0 Å². The smallest absolute Gasteiger partial charge is 0.223 e. The molecule has 142 valence electrons. The Morgan fingerprint density at radius 1 is 1.00 bits per heavy atom. The summed E-state index contributed by atoms with van der Waals surface area (Å²) in [5.74, 6) is 0.214. The Kier molecular flexibility index (Phi) is 6.40. The summed E-state index contributed by atoms with van der Waals surface area (Å²) in [4.78, 5) is 26.5. The predicted octanol–water partition coefficient (Wildman–Crippen LogP) is 3.93. The van der Waals surface area contributed by atoms with Crippen molar-refractivity contribution in [3.63, 3.8) is 0 Å². The van der Waals surface area contributed by atoms with Gasteiger partial charge in [-0.1, -0.05) is 60.2 Å². The molecule has 1 unspecified atom stereocenters. The molecule has 0 radical (unpaired) electrons. The normalized spacial score (nSPS) is 16.1. The maximum absolute atomic E-state index is 12.4. The average Bonchev–Trinajstić information content (AvgIpc) is 2.72. The van der Waals surface area contributed by atoms with E-state index < -0.39 is 6.10 Å². The number of hydrogen-bond donors (Lipinski definition) is 1. The summed E-state index contributed by atoms with van der Waals surface area (Å²) < 4.78 is 0. The number of aliphatic hydroxyl groups excluding tert-OH is 1. The van der Waals surface area contributed by atoms with Gasteiger partial charge < -0.3 is 10.0 Å². The lowest BCUT2D eigenvalue weighted by Gasteiger charge is -2.34. The van der Waals surface area contributed by atoms with Crippen LogP contribution in [0.5, 0.6) is 0 Å². The van der Waals surface area contributed by atoms with Gasteiger partial charge >= 0.3 is 0 Å². The number of benzene rings is 2. The van der Waals surface area contributed by atoms with E-state index in [4.69, 9.17) is 0 Å². The molecule has 4 heteroatoms. The van der Waals surface area contributed by atoms with Crippen molar-refractivity contribution >= 4 is 11.7 Å². The molecule has 1 fully saturated rings. The van der Waals surface area contributed by atoms with E-state index in [1.165, 1.54) is 0 Å². The molecule has 0 aromatic heterocycles. The van der Waals surface area contributed by atoms with E-state index in [2.05, 4.69) is 0 Å². The molecular formula is C23H27NO3. The number of Topliss-reactive ketones (excluding diaryl/α,β-unsaturated/α-hetero) is 1. The number of carbonyl (C=O) groups is 2. The van der Waals surface area contributed by atoms with Gasteiger partial charge in [-0.15, -0.1) is 0 Å². The van der Waals surface area contributed by atoms with Crippen molar-refractivity contribution in [2.24, 2.45) is 5.92 Å². The van der Waals surface area contributed by atoms with E-state index in [1.54, 1.807) is 0 Å². The van der Waals surface area contributed by atoms with Crippen molar-refractivity contribution in [2.45, 2.75) is 38.7 Å². The van der Waals surface area contributed by atoms with Crippen molar-refractivity contribution in [3.8, 4) is 0 Å². The second-order valence-electron chi connectivity index (χ2n) is 7.36. The van der Waals surface area contributed by atoms with Crippen molar-refractivity contribution in [1.82, 2.24) is 4.90 Å². The Bertz CT molecular complexity index is 762. The average molecular weight is 365 g/mol. The fourth-order valence-electron chi connectivity index (χ4n) is 3.65.